The molecular weight excluding hydrogens is 472 g/mol. The van der Waals surface area contributed by atoms with Gasteiger partial charge in [0.1, 0.15) is 11.5 Å². The van der Waals surface area contributed by atoms with Gasteiger partial charge in [0, 0.05) is 25.0 Å². The number of hydrogen-bond acceptors (Lipinski definition) is 3. The second-order valence-corrected chi connectivity index (χ2v) is 8.23. The van der Waals surface area contributed by atoms with E-state index in [1.807, 2.05) is 6.92 Å². The topological polar surface area (TPSA) is 39.2 Å². The number of nitrogens with zero attached hydrogens (tertiary/aromatic N) is 1. The SMILES string of the molecule is COc1ccc([C@H](C)CC(=O)C[C@@H](c2ccc(C(F)(F)F)cc2)c2ncccc2C(F)(F)F)cc1. The number of carbonyl (C=O) groups is 1. The molecule has 1 heterocycles. The lowest BCUT2D eigenvalue weighted by atomic mass is 9.85. The Bertz CT molecular complexity index is 1140. The van der Waals surface area contributed by atoms with Crippen LogP contribution in [0.15, 0.2) is 66.9 Å². The van der Waals surface area contributed by atoms with Gasteiger partial charge in [0.15, 0.2) is 0 Å². The standard InChI is InChI=1S/C26H23F6NO2/c1-16(17-7-11-21(35-2)12-8-17)14-20(34)15-22(18-5-9-19(10-6-18)25(27,28)29)24-23(26(30,31)32)4-3-13-33-24/h3-13,16,22H,14-15H2,1-2H3/t16-,22+/m1/s1. The predicted molar refractivity (Wildman–Crippen MR) is 118 cm³/mol. The van der Waals surface area contributed by atoms with Crippen molar-refractivity contribution < 1.29 is 35.9 Å². The Morgan fingerprint density at radius 1 is 0.857 bits per heavy atom. The first-order chi connectivity index (χ1) is 16.4. The first-order valence-electron chi connectivity index (χ1n) is 10.7. The highest BCUT2D eigenvalue weighted by molar-refractivity contribution is 5.80. The van der Waals surface area contributed by atoms with Crippen molar-refractivity contribution in [2.45, 2.75) is 44.0 Å². The maximum Gasteiger partial charge on any atom is 0.418 e. The van der Waals surface area contributed by atoms with E-state index in [0.29, 0.717) is 5.75 Å². The molecule has 186 valence electrons. The van der Waals surface area contributed by atoms with E-state index in [1.165, 1.54) is 13.3 Å². The van der Waals surface area contributed by atoms with Crippen LogP contribution in [0.4, 0.5) is 26.3 Å². The molecule has 2 aromatic carbocycles. The third-order valence-electron chi connectivity index (χ3n) is 5.76. The van der Waals surface area contributed by atoms with Gasteiger partial charge in [-0.05, 0) is 53.4 Å². The molecule has 0 fully saturated rings. The lowest BCUT2D eigenvalue weighted by Crippen LogP contribution is -2.18. The van der Waals surface area contributed by atoms with Crippen molar-refractivity contribution in [1.29, 1.82) is 0 Å². The number of aromatic nitrogens is 1. The average molecular weight is 495 g/mol. The third-order valence-corrected chi connectivity index (χ3v) is 5.76. The van der Waals surface area contributed by atoms with E-state index in [1.54, 1.807) is 24.3 Å². The summed E-state index contributed by atoms with van der Waals surface area (Å²) in [5.41, 5.74) is -1.37. The van der Waals surface area contributed by atoms with Gasteiger partial charge < -0.3 is 4.74 Å². The van der Waals surface area contributed by atoms with Crippen LogP contribution in [0.3, 0.4) is 0 Å². The average Bonchev–Trinajstić information content (AvgIpc) is 2.81. The van der Waals surface area contributed by atoms with Crippen LogP contribution in [0.2, 0.25) is 0 Å². The monoisotopic (exact) mass is 495 g/mol. The van der Waals surface area contributed by atoms with Gasteiger partial charge in [-0.2, -0.15) is 26.3 Å². The first-order valence-corrected chi connectivity index (χ1v) is 10.7. The second-order valence-electron chi connectivity index (χ2n) is 8.23. The summed E-state index contributed by atoms with van der Waals surface area (Å²) in [6.07, 6.45) is -8.47. The Morgan fingerprint density at radius 2 is 1.46 bits per heavy atom. The summed E-state index contributed by atoms with van der Waals surface area (Å²) < 4.78 is 85.2. The molecule has 3 aromatic rings. The fourth-order valence-corrected chi connectivity index (χ4v) is 3.91. The molecule has 3 rings (SSSR count). The zero-order valence-electron chi connectivity index (χ0n) is 19.0. The number of benzene rings is 2. The molecule has 0 aliphatic heterocycles. The zero-order chi connectivity index (χ0) is 25.8. The molecule has 0 N–H and O–H groups in total. The van der Waals surface area contributed by atoms with Gasteiger partial charge in [0.2, 0.25) is 0 Å². The number of Topliss-reactive ketones (excluding diaryl/α,β-unsaturated/α-hetero) is 1. The molecule has 0 aliphatic carbocycles. The lowest BCUT2D eigenvalue weighted by Gasteiger charge is -2.22. The molecule has 0 spiro atoms. The third kappa shape index (κ3) is 6.61. The van der Waals surface area contributed by atoms with E-state index in [4.69, 9.17) is 4.74 Å². The maximum absolute atomic E-state index is 13.7. The predicted octanol–water partition coefficient (Wildman–Crippen LogP) is 7.41. The molecule has 0 saturated carbocycles. The van der Waals surface area contributed by atoms with Crippen LogP contribution in [-0.2, 0) is 17.1 Å². The van der Waals surface area contributed by atoms with Gasteiger partial charge in [-0.25, -0.2) is 0 Å². The molecule has 0 bridgehead atoms. The Kier molecular flexibility index (Phi) is 7.87. The molecule has 0 saturated heterocycles. The Morgan fingerprint density at radius 3 is 2.00 bits per heavy atom. The number of ketones is 1. The van der Waals surface area contributed by atoms with Crippen molar-refractivity contribution in [3.63, 3.8) is 0 Å². The number of alkyl halides is 6. The van der Waals surface area contributed by atoms with Crippen LogP contribution in [0, 0.1) is 0 Å². The molecule has 35 heavy (non-hydrogen) atoms. The van der Waals surface area contributed by atoms with Crippen molar-refractivity contribution in [2.75, 3.05) is 7.11 Å². The number of halogens is 6. The largest absolute Gasteiger partial charge is 0.497 e. The van der Waals surface area contributed by atoms with Crippen LogP contribution in [0.25, 0.3) is 0 Å². The highest BCUT2D eigenvalue weighted by atomic mass is 19.4. The maximum atomic E-state index is 13.7. The minimum absolute atomic E-state index is 0.0393. The summed E-state index contributed by atoms with van der Waals surface area (Å²) >= 11 is 0. The lowest BCUT2D eigenvalue weighted by molar-refractivity contribution is -0.139. The zero-order valence-corrected chi connectivity index (χ0v) is 19.0. The van der Waals surface area contributed by atoms with E-state index in [2.05, 4.69) is 4.98 Å². The Balaban J connectivity index is 1.92. The van der Waals surface area contributed by atoms with Gasteiger partial charge in [0.25, 0.3) is 0 Å². The van der Waals surface area contributed by atoms with E-state index >= 15 is 0 Å². The van der Waals surface area contributed by atoms with Crippen molar-refractivity contribution in [3.05, 3.63) is 94.8 Å². The van der Waals surface area contributed by atoms with Crippen LogP contribution < -0.4 is 4.74 Å². The van der Waals surface area contributed by atoms with Crippen LogP contribution >= 0.6 is 0 Å². The first kappa shape index (κ1) is 26.2. The summed E-state index contributed by atoms with van der Waals surface area (Å²) in [7, 11) is 1.52. The van der Waals surface area contributed by atoms with Gasteiger partial charge in [-0.1, -0.05) is 31.2 Å². The van der Waals surface area contributed by atoms with Crippen molar-refractivity contribution in [2.24, 2.45) is 0 Å². The Labute approximate surface area is 198 Å². The number of hydrogen-bond donors (Lipinski definition) is 0. The second kappa shape index (κ2) is 10.5. The number of rotatable bonds is 8. The van der Waals surface area contributed by atoms with Crippen molar-refractivity contribution in [1.82, 2.24) is 4.98 Å². The molecule has 1 aromatic heterocycles. The van der Waals surface area contributed by atoms with Crippen LogP contribution in [0.1, 0.15) is 59.5 Å². The molecule has 9 heteroatoms. The van der Waals surface area contributed by atoms with Gasteiger partial charge in [0.05, 0.1) is 23.9 Å². The van der Waals surface area contributed by atoms with Crippen molar-refractivity contribution in [3.8, 4) is 5.75 Å². The fraction of sp³-hybridized carbons (Fsp3) is 0.308. The van der Waals surface area contributed by atoms with E-state index in [-0.39, 0.29) is 30.1 Å². The van der Waals surface area contributed by atoms with E-state index < -0.39 is 35.1 Å². The van der Waals surface area contributed by atoms with Crippen LogP contribution in [-0.4, -0.2) is 17.9 Å². The number of pyridine rings is 1. The number of ether oxygens (including phenoxy) is 1. The van der Waals surface area contributed by atoms with Crippen molar-refractivity contribution >= 4 is 5.78 Å². The summed E-state index contributed by atoms with van der Waals surface area (Å²) in [6.45, 7) is 1.81. The molecule has 0 amide bonds. The fourth-order valence-electron chi connectivity index (χ4n) is 3.91. The minimum atomic E-state index is -4.74. The molecule has 2 atom stereocenters. The normalized spacial score (nSPS) is 13.8. The summed E-state index contributed by atoms with van der Waals surface area (Å²) in [5, 5.41) is 0. The summed E-state index contributed by atoms with van der Waals surface area (Å²) in [5.74, 6) is -1.08. The van der Waals surface area contributed by atoms with Gasteiger partial charge in [-0.3, -0.25) is 9.78 Å². The molecule has 0 aliphatic rings. The molecule has 0 radical (unpaired) electrons. The molecular formula is C26H23F6NO2. The van der Waals surface area contributed by atoms with Gasteiger partial charge in [-0.15, -0.1) is 0 Å². The van der Waals surface area contributed by atoms with Gasteiger partial charge >= 0.3 is 12.4 Å². The smallest absolute Gasteiger partial charge is 0.418 e. The number of carbonyl (C=O) groups excluding carboxylic acids is 1. The van der Waals surface area contributed by atoms with Crippen LogP contribution in [0.5, 0.6) is 5.75 Å². The Hall–Kier alpha value is -3.36. The minimum Gasteiger partial charge on any atom is -0.497 e. The highest BCUT2D eigenvalue weighted by Crippen LogP contribution is 2.39. The van der Waals surface area contributed by atoms with E-state index in [9.17, 15) is 31.1 Å². The highest BCUT2D eigenvalue weighted by Gasteiger charge is 2.37. The quantitative estimate of drug-likeness (QED) is 0.306. The summed E-state index contributed by atoms with van der Waals surface area (Å²) in [4.78, 5) is 16.9. The molecule has 0 unspecified atom stereocenters. The van der Waals surface area contributed by atoms with E-state index in [0.717, 1.165) is 42.0 Å². The number of methoxy groups -OCH3 is 1. The summed E-state index contributed by atoms with van der Waals surface area (Å²) in [6, 6.07) is 12.8. The molecule has 3 nitrogen and oxygen atoms in total.